The number of hydrogen-bond donors (Lipinski definition) is 1. The Bertz CT molecular complexity index is 677. The summed E-state index contributed by atoms with van der Waals surface area (Å²) >= 11 is 0. The fraction of sp³-hybridized carbons (Fsp3) is 0.417. The number of rotatable bonds is 5. The Morgan fingerprint density at radius 2 is 2.22 bits per heavy atom. The van der Waals surface area contributed by atoms with Gasteiger partial charge < -0.3 is 4.98 Å². The first-order valence-corrected chi connectivity index (χ1v) is 5.90. The first-order valence-electron chi connectivity index (χ1n) is 5.90. The minimum atomic E-state index is -0.321. The highest BCUT2D eigenvalue weighted by Crippen LogP contribution is 2.01. The fourth-order valence-corrected chi connectivity index (χ4v) is 1.95. The lowest BCUT2D eigenvalue weighted by molar-refractivity contribution is 0.557. The Morgan fingerprint density at radius 3 is 2.94 bits per heavy atom. The molecule has 0 radical (unpaired) electrons. The van der Waals surface area contributed by atoms with Crippen LogP contribution >= 0.6 is 0 Å². The van der Waals surface area contributed by atoms with E-state index in [4.69, 9.17) is 0 Å². The van der Waals surface area contributed by atoms with E-state index >= 15 is 0 Å². The fourth-order valence-electron chi connectivity index (χ4n) is 1.95. The van der Waals surface area contributed by atoms with Crippen LogP contribution in [0.3, 0.4) is 0 Å². The van der Waals surface area contributed by atoms with E-state index in [1.54, 1.807) is 7.05 Å². The number of H-pyrrole nitrogens is 1. The molecule has 6 nitrogen and oxygen atoms in total. The predicted molar refractivity (Wildman–Crippen MR) is 69.6 cm³/mol. The van der Waals surface area contributed by atoms with Crippen LogP contribution in [0.5, 0.6) is 0 Å². The van der Waals surface area contributed by atoms with Crippen LogP contribution in [-0.2, 0) is 13.6 Å². The van der Waals surface area contributed by atoms with Crippen LogP contribution in [0.25, 0.3) is 11.2 Å². The molecule has 0 bridgehead atoms. The molecule has 6 heteroatoms. The van der Waals surface area contributed by atoms with E-state index in [-0.39, 0.29) is 11.2 Å². The highest BCUT2D eigenvalue weighted by molar-refractivity contribution is 5.68. The average molecular weight is 248 g/mol. The molecule has 0 atom stereocenters. The van der Waals surface area contributed by atoms with E-state index in [0.29, 0.717) is 17.7 Å². The van der Waals surface area contributed by atoms with Crippen molar-refractivity contribution in [3.63, 3.8) is 0 Å². The van der Waals surface area contributed by atoms with E-state index in [9.17, 15) is 9.59 Å². The lowest BCUT2D eigenvalue weighted by atomic mass is 10.2. The van der Waals surface area contributed by atoms with Gasteiger partial charge in [0.1, 0.15) is 5.52 Å². The van der Waals surface area contributed by atoms with E-state index in [2.05, 4.69) is 16.5 Å². The summed E-state index contributed by atoms with van der Waals surface area (Å²) in [5.74, 6) is 0. The molecule has 0 spiro atoms. The number of imidazole rings is 1. The van der Waals surface area contributed by atoms with Crippen molar-refractivity contribution in [2.75, 3.05) is 0 Å². The molecule has 2 aromatic rings. The third-order valence-electron chi connectivity index (χ3n) is 2.95. The van der Waals surface area contributed by atoms with Gasteiger partial charge in [-0.25, -0.2) is 9.78 Å². The first kappa shape index (κ1) is 12.3. The van der Waals surface area contributed by atoms with Crippen molar-refractivity contribution in [3.8, 4) is 0 Å². The van der Waals surface area contributed by atoms with Gasteiger partial charge in [-0.1, -0.05) is 6.08 Å². The summed E-state index contributed by atoms with van der Waals surface area (Å²) in [6.45, 7) is 4.07. The van der Waals surface area contributed by atoms with Crippen molar-refractivity contribution in [1.29, 1.82) is 0 Å². The topological polar surface area (TPSA) is 72.7 Å². The average Bonchev–Trinajstić information content (AvgIpc) is 2.85. The van der Waals surface area contributed by atoms with E-state index < -0.39 is 0 Å². The normalized spacial score (nSPS) is 10.9. The summed E-state index contributed by atoms with van der Waals surface area (Å²) in [6.07, 6.45) is 5.84. The lowest BCUT2D eigenvalue weighted by Crippen LogP contribution is -2.39. The maximum absolute atomic E-state index is 12.1. The van der Waals surface area contributed by atoms with E-state index in [1.807, 2.05) is 6.08 Å². The molecule has 0 aliphatic rings. The van der Waals surface area contributed by atoms with Crippen LogP contribution in [0.1, 0.15) is 19.3 Å². The molecule has 96 valence electrons. The van der Waals surface area contributed by atoms with Crippen molar-refractivity contribution >= 4 is 11.2 Å². The second kappa shape index (κ2) is 5.03. The number of unbranched alkanes of at least 4 members (excludes halogenated alkanes) is 2. The number of nitrogens with one attached hydrogen (secondary N) is 1. The molecule has 0 saturated heterocycles. The van der Waals surface area contributed by atoms with Gasteiger partial charge >= 0.3 is 5.69 Å². The van der Waals surface area contributed by atoms with Crippen molar-refractivity contribution in [1.82, 2.24) is 19.1 Å². The molecule has 0 saturated carbocycles. The summed E-state index contributed by atoms with van der Waals surface area (Å²) < 4.78 is 2.64. The van der Waals surface area contributed by atoms with Gasteiger partial charge in [0.05, 0.1) is 6.33 Å². The molecule has 0 aliphatic heterocycles. The second-order valence-corrected chi connectivity index (χ2v) is 4.18. The summed E-state index contributed by atoms with van der Waals surface area (Å²) in [5, 5.41) is 0. The van der Waals surface area contributed by atoms with Gasteiger partial charge in [0.15, 0.2) is 5.65 Å². The van der Waals surface area contributed by atoms with Gasteiger partial charge in [0, 0.05) is 13.6 Å². The molecule has 2 aromatic heterocycles. The molecule has 0 aromatic carbocycles. The number of aromatic nitrogens is 4. The largest absolute Gasteiger partial charge is 0.339 e. The van der Waals surface area contributed by atoms with Gasteiger partial charge in [0.2, 0.25) is 0 Å². The standard InChI is InChI=1S/C12H16N4O2/c1-3-4-5-6-7-16-11(17)9-10(14-8-13-9)15(2)12(16)18/h3,8H,1,4-7H2,2H3,(H,13,14). The van der Waals surface area contributed by atoms with Gasteiger partial charge in [-0.2, -0.15) is 0 Å². The molecular weight excluding hydrogens is 232 g/mol. The quantitative estimate of drug-likeness (QED) is 0.627. The maximum Gasteiger partial charge on any atom is 0.332 e. The van der Waals surface area contributed by atoms with Gasteiger partial charge in [0.25, 0.3) is 5.56 Å². The predicted octanol–water partition coefficient (Wildman–Crippen LogP) is 0.780. The van der Waals surface area contributed by atoms with Gasteiger partial charge in [-0.05, 0) is 19.3 Å². The Kier molecular flexibility index (Phi) is 3.45. The zero-order chi connectivity index (χ0) is 13.1. The molecule has 0 amide bonds. The Labute approximate surface area is 104 Å². The molecule has 2 heterocycles. The van der Waals surface area contributed by atoms with Crippen LogP contribution < -0.4 is 11.2 Å². The Hall–Kier alpha value is -2.11. The number of aryl methyl sites for hydroxylation is 1. The monoisotopic (exact) mass is 248 g/mol. The molecule has 1 N–H and O–H groups in total. The van der Waals surface area contributed by atoms with Crippen LogP contribution in [0.2, 0.25) is 0 Å². The number of allylic oxidation sites excluding steroid dienone is 1. The van der Waals surface area contributed by atoms with Crippen molar-refractivity contribution < 1.29 is 0 Å². The van der Waals surface area contributed by atoms with Crippen LogP contribution in [0.15, 0.2) is 28.6 Å². The number of nitrogens with zero attached hydrogens (tertiary/aromatic N) is 3. The van der Waals surface area contributed by atoms with Crippen LogP contribution in [0, 0.1) is 0 Å². The smallest absolute Gasteiger partial charge is 0.332 e. The molecule has 0 fully saturated rings. The minimum absolute atomic E-state index is 0.302. The molecule has 18 heavy (non-hydrogen) atoms. The zero-order valence-corrected chi connectivity index (χ0v) is 10.3. The number of hydrogen-bond acceptors (Lipinski definition) is 3. The Morgan fingerprint density at radius 1 is 1.44 bits per heavy atom. The second-order valence-electron chi connectivity index (χ2n) is 4.18. The van der Waals surface area contributed by atoms with E-state index in [1.165, 1.54) is 15.5 Å². The van der Waals surface area contributed by atoms with Crippen LogP contribution in [-0.4, -0.2) is 19.1 Å². The lowest BCUT2D eigenvalue weighted by Gasteiger charge is -2.07. The minimum Gasteiger partial charge on any atom is -0.339 e. The maximum atomic E-state index is 12.1. The molecule has 0 unspecified atom stereocenters. The van der Waals surface area contributed by atoms with Gasteiger partial charge in [-0.15, -0.1) is 6.58 Å². The molecule has 0 aliphatic carbocycles. The summed E-state index contributed by atoms with van der Waals surface area (Å²) in [6, 6.07) is 0. The summed E-state index contributed by atoms with van der Waals surface area (Å²) in [4.78, 5) is 30.9. The van der Waals surface area contributed by atoms with E-state index in [0.717, 1.165) is 19.3 Å². The molecule has 2 rings (SSSR count). The first-order chi connectivity index (χ1) is 8.66. The van der Waals surface area contributed by atoms with Crippen molar-refractivity contribution in [2.24, 2.45) is 7.05 Å². The van der Waals surface area contributed by atoms with Crippen molar-refractivity contribution in [2.45, 2.75) is 25.8 Å². The molecular formula is C12H16N4O2. The highest BCUT2D eigenvalue weighted by atomic mass is 16.2. The number of fused-ring (bicyclic) bond motifs is 1. The summed E-state index contributed by atoms with van der Waals surface area (Å²) in [7, 11) is 1.62. The van der Waals surface area contributed by atoms with Gasteiger partial charge in [-0.3, -0.25) is 13.9 Å². The Balaban J connectivity index is 2.41. The zero-order valence-electron chi connectivity index (χ0n) is 10.3. The third-order valence-corrected chi connectivity index (χ3v) is 2.95. The number of aromatic amines is 1. The third kappa shape index (κ3) is 2.01. The summed E-state index contributed by atoms with van der Waals surface area (Å²) in [5.41, 5.74) is 0.149. The van der Waals surface area contributed by atoms with Crippen molar-refractivity contribution in [3.05, 3.63) is 39.8 Å². The van der Waals surface area contributed by atoms with Crippen LogP contribution in [0.4, 0.5) is 0 Å². The SMILES string of the molecule is C=CCCCCn1c(=O)c2[nH]cnc2n(C)c1=O. The highest BCUT2D eigenvalue weighted by Gasteiger charge is 2.11.